The summed E-state index contributed by atoms with van der Waals surface area (Å²) in [5, 5.41) is 12.7. The largest absolute Gasteiger partial charge is 0.380 e. The quantitative estimate of drug-likeness (QED) is 0.647. The Balaban J connectivity index is 1.93. The number of halogens is 3. The van der Waals surface area contributed by atoms with Gasteiger partial charge in [-0.25, -0.2) is 8.78 Å². The van der Waals surface area contributed by atoms with Gasteiger partial charge in [-0.3, -0.25) is 4.79 Å². The van der Waals surface area contributed by atoms with Crippen molar-refractivity contribution in [3.8, 4) is 6.07 Å². The van der Waals surface area contributed by atoms with E-state index in [0.717, 1.165) is 25.0 Å². The molecule has 1 fully saturated rings. The smallest absolute Gasteiger partial charge is 0.225 e. The molecule has 2 aromatic rings. The van der Waals surface area contributed by atoms with Crippen molar-refractivity contribution >= 4 is 23.2 Å². The minimum Gasteiger partial charge on any atom is -0.380 e. The molecule has 2 aromatic carbocycles. The lowest BCUT2D eigenvalue weighted by atomic mass is 9.97. The zero-order valence-corrected chi connectivity index (χ0v) is 17.7. The molecule has 2 atom stereocenters. The Bertz CT molecular complexity index is 971. The van der Waals surface area contributed by atoms with Gasteiger partial charge in [0.15, 0.2) is 0 Å². The number of anilines is 1. The topological polar surface area (TPSA) is 56.1 Å². The molecule has 3 rings (SSSR count). The van der Waals surface area contributed by atoms with Gasteiger partial charge in [-0.1, -0.05) is 25.4 Å². The number of carbonyl (C=O) groups excluding carboxylic acids is 1. The van der Waals surface area contributed by atoms with Gasteiger partial charge in [0, 0.05) is 18.2 Å². The molecular weight excluding hydrogens is 408 g/mol. The standard InChI is InChI=1S/C23H24ClF2N3O/c1-3-18(4-2)29-22(10-15-9-16(25)6-8-20(15)26)21(12-23(29)30)28-17-7-5-14(13-27)19(24)11-17/h5-9,11,18,21-22,28H,3-4,10,12H2,1-2H3/t21-,22?/m0/s1. The summed E-state index contributed by atoms with van der Waals surface area (Å²) in [4.78, 5) is 14.7. The molecule has 4 nitrogen and oxygen atoms in total. The van der Waals surface area contributed by atoms with Gasteiger partial charge in [0.1, 0.15) is 17.7 Å². The van der Waals surface area contributed by atoms with E-state index in [1.807, 2.05) is 24.8 Å². The van der Waals surface area contributed by atoms with Crippen LogP contribution in [0, 0.1) is 23.0 Å². The summed E-state index contributed by atoms with van der Waals surface area (Å²) in [6, 6.07) is 9.78. The van der Waals surface area contributed by atoms with E-state index in [1.165, 1.54) is 6.07 Å². The van der Waals surface area contributed by atoms with E-state index in [9.17, 15) is 13.6 Å². The summed E-state index contributed by atoms with van der Waals surface area (Å²) in [5.74, 6) is -1.00. The molecule has 0 bridgehead atoms. The Kier molecular flexibility index (Phi) is 6.94. The third-order valence-electron chi connectivity index (χ3n) is 5.72. The predicted molar refractivity (Wildman–Crippen MR) is 113 cm³/mol. The number of nitrogens with one attached hydrogen (secondary N) is 1. The monoisotopic (exact) mass is 431 g/mol. The van der Waals surface area contributed by atoms with E-state index in [2.05, 4.69) is 5.32 Å². The van der Waals surface area contributed by atoms with Gasteiger partial charge in [-0.05, 0) is 61.2 Å². The van der Waals surface area contributed by atoms with E-state index < -0.39 is 11.6 Å². The number of amides is 1. The van der Waals surface area contributed by atoms with Gasteiger partial charge in [-0.15, -0.1) is 0 Å². The van der Waals surface area contributed by atoms with Crippen LogP contribution in [-0.4, -0.2) is 28.9 Å². The second-order valence-electron chi connectivity index (χ2n) is 7.54. The fourth-order valence-electron chi connectivity index (χ4n) is 4.19. The maximum absolute atomic E-state index is 14.4. The number of carbonyl (C=O) groups is 1. The third kappa shape index (κ3) is 4.57. The average Bonchev–Trinajstić information content (AvgIpc) is 3.01. The molecule has 30 heavy (non-hydrogen) atoms. The second-order valence-corrected chi connectivity index (χ2v) is 7.95. The number of benzene rings is 2. The average molecular weight is 432 g/mol. The molecule has 0 saturated carbocycles. The lowest BCUT2D eigenvalue weighted by Crippen LogP contribution is -2.46. The van der Waals surface area contributed by atoms with E-state index in [0.29, 0.717) is 16.3 Å². The first-order chi connectivity index (χ1) is 14.4. The number of likely N-dealkylation sites (tertiary alicyclic amines) is 1. The van der Waals surface area contributed by atoms with Crippen LogP contribution < -0.4 is 5.32 Å². The first kappa shape index (κ1) is 22.0. The summed E-state index contributed by atoms with van der Waals surface area (Å²) < 4.78 is 28.1. The van der Waals surface area contributed by atoms with Crippen molar-refractivity contribution in [1.82, 2.24) is 4.90 Å². The molecule has 7 heteroatoms. The van der Waals surface area contributed by atoms with Crippen molar-refractivity contribution in [2.75, 3.05) is 5.32 Å². The highest BCUT2D eigenvalue weighted by Gasteiger charge is 2.42. The minimum atomic E-state index is -0.506. The van der Waals surface area contributed by atoms with Crippen LogP contribution >= 0.6 is 11.6 Å². The molecule has 0 aliphatic carbocycles. The molecule has 1 aliphatic rings. The maximum Gasteiger partial charge on any atom is 0.225 e. The highest BCUT2D eigenvalue weighted by Crippen LogP contribution is 2.31. The lowest BCUT2D eigenvalue weighted by Gasteiger charge is -2.35. The summed E-state index contributed by atoms with van der Waals surface area (Å²) >= 11 is 6.14. The van der Waals surface area contributed by atoms with Crippen molar-refractivity contribution in [3.05, 3.63) is 64.2 Å². The van der Waals surface area contributed by atoms with Gasteiger partial charge >= 0.3 is 0 Å². The molecule has 0 spiro atoms. The summed E-state index contributed by atoms with van der Waals surface area (Å²) in [5.41, 5.74) is 1.28. The summed E-state index contributed by atoms with van der Waals surface area (Å²) in [7, 11) is 0. The van der Waals surface area contributed by atoms with Gasteiger partial charge < -0.3 is 10.2 Å². The van der Waals surface area contributed by atoms with E-state index in [-0.39, 0.29) is 42.4 Å². The van der Waals surface area contributed by atoms with Gasteiger partial charge in [0.2, 0.25) is 5.91 Å². The van der Waals surface area contributed by atoms with Crippen LogP contribution in [0.25, 0.3) is 0 Å². The van der Waals surface area contributed by atoms with Gasteiger partial charge in [0.25, 0.3) is 0 Å². The lowest BCUT2D eigenvalue weighted by molar-refractivity contribution is -0.131. The van der Waals surface area contributed by atoms with E-state index in [1.54, 1.807) is 18.2 Å². The third-order valence-corrected chi connectivity index (χ3v) is 6.03. The maximum atomic E-state index is 14.4. The molecule has 1 heterocycles. The molecule has 1 saturated heterocycles. The minimum absolute atomic E-state index is 0.0113. The number of rotatable bonds is 7. The highest BCUT2D eigenvalue weighted by molar-refractivity contribution is 6.32. The van der Waals surface area contributed by atoms with Gasteiger partial charge in [-0.2, -0.15) is 5.26 Å². The Labute approximate surface area is 180 Å². The van der Waals surface area contributed by atoms with E-state index in [4.69, 9.17) is 16.9 Å². The van der Waals surface area contributed by atoms with Crippen LogP contribution in [0.3, 0.4) is 0 Å². The zero-order valence-electron chi connectivity index (χ0n) is 17.0. The molecule has 0 radical (unpaired) electrons. The van der Waals surface area contributed by atoms with Crippen molar-refractivity contribution < 1.29 is 13.6 Å². The molecule has 0 aromatic heterocycles. The number of nitriles is 1. The van der Waals surface area contributed by atoms with E-state index >= 15 is 0 Å². The van der Waals surface area contributed by atoms with Crippen molar-refractivity contribution in [2.45, 2.75) is 57.7 Å². The van der Waals surface area contributed by atoms with Gasteiger partial charge in [0.05, 0.1) is 22.7 Å². The first-order valence-corrected chi connectivity index (χ1v) is 10.5. The Morgan fingerprint density at radius 1 is 1.23 bits per heavy atom. The Morgan fingerprint density at radius 2 is 1.97 bits per heavy atom. The van der Waals surface area contributed by atoms with Crippen molar-refractivity contribution in [2.24, 2.45) is 0 Å². The van der Waals surface area contributed by atoms with Crippen LogP contribution in [0.15, 0.2) is 36.4 Å². The second kappa shape index (κ2) is 9.44. The van der Waals surface area contributed by atoms with Crippen LogP contribution in [0.4, 0.5) is 14.5 Å². The molecule has 1 aliphatic heterocycles. The van der Waals surface area contributed by atoms with Crippen molar-refractivity contribution in [3.63, 3.8) is 0 Å². The summed E-state index contributed by atoms with van der Waals surface area (Å²) in [6.45, 7) is 4.03. The first-order valence-electron chi connectivity index (χ1n) is 10.1. The number of hydrogen-bond donors (Lipinski definition) is 1. The predicted octanol–water partition coefficient (Wildman–Crippen LogP) is 5.30. The van der Waals surface area contributed by atoms with Crippen LogP contribution in [0.5, 0.6) is 0 Å². The van der Waals surface area contributed by atoms with Crippen LogP contribution in [-0.2, 0) is 11.2 Å². The Morgan fingerprint density at radius 3 is 2.60 bits per heavy atom. The molecule has 158 valence electrons. The fraction of sp³-hybridized carbons (Fsp3) is 0.391. The van der Waals surface area contributed by atoms with Crippen LogP contribution in [0.1, 0.15) is 44.2 Å². The fourth-order valence-corrected chi connectivity index (χ4v) is 4.41. The Hall–Kier alpha value is -2.65. The molecule has 1 unspecified atom stereocenters. The number of nitrogens with zero attached hydrogens (tertiary/aromatic N) is 2. The molecule has 1 amide bonds. The SMILES string of the molecule is CCC(CC)N1C(=O)C[C@H](Nc2ccc(C#N)c(Cl)c2)C1Cc1cc(F)ccc1F. The molecule has 1 N–H and O–H groups in total. The summed E-state index contributed by atoms with van der Waals surface area (Å²) in [6.07, 6.45) is 2.00. The zero-order chi connectivity index (χ0) is 21.8. The number of hydrogen-bond acceptors (Lipinski definition) is 3. The normalized spacial score (nSPS) is 18.7. The van der Waals surface area contributed by atoms with Crippen molar-refractivity contribution in [1.29, 1.82) is 5.26 Å². The highest BCUT2D eigenvalue weighted by atomic mass is 35.5. The molecular formula is C23H24ClF2N3O. The van der Waals surface area contributed by atoms with Crippen LogP contribution in [0.2, 0.25) is 5.02 Å².